The lowest BCUT2D eigenvalue weighted by Crippen LogP contribution is -2.21. The zero-order valence-corrected chi connectivity index (χ0v) is 10.9. The second-order valence-electron chi connectivity index (χ2n) is 4.14. The molecule has 1 unspecified atom stereocenters. The molecular formula is C13H18N4O. The van der Waals surface area contributed by atoms with Crippen LogP contribution < -0.4 is 10.1 Å². The molecule has 0 saturated carbocycles. The van der Waals surface area contributed by atoms with Gasteiger partial charge in [-0.2, -0.15) is 0 Å². The lowest BCUT2D eigenvalue weighted by Gasteiger charge is -2.17. The summed E-state index contributed by atoms with van der Waals surface area (Å²) in [6.45, 7) is 0. The monoisotopic (exact) mass is 246 g/mol. The Morgan fingerprint density at radius 1 is 1.39 bits per heavy atom. The quantitative estimate of drug-likeness (QED) is 0.864. The van der Waals surface area contributed by atoms with Crippen molar-refractivity contribution >= 4 is 0 Å². The Hall–Kier alpha value is -1.88. The average Bonchev–Trinajstić information content (AvgIpc) is 2.82. The predicted molar refractivity (Wildman–Crippen MR) is 69.5 cm³/mol. The molecule has 0 fully saturated rings. The van der Waals surface area contributed by atoms with Gasteiger partial charge in [-0.1, -0.05) is 23.4 Å². The normalized spacial score (nSPS) is 12.4. The molecule has 5 nitrogen and oxygen atoms in total. The molecule has 0 radical (unpaired) electrons. The van der Waals surface area contributed by atoms with Gasteiger partial charge in [-0.3, -0.25) is 4.68 Å². The van der Waals surface area contributed by atoms with Crippen LogP contribution in [0.3, 0.4) is 0 Å². The zero-order valence-electron chi connectivity index (χ0n) is 10.9. The van der Waals surface area contributed by atoms with E-state index in [1.807, 2.05) is 32.3 Å². The summed E-state index contributed by atoms with van der Waals surface area (Å²) in [7, 11) is 5.53. The van der Waals surface area contributed by atoms with Gasteiger partial charge in [0.05, 0.1) is 25.0 Å². The molecule has 2 aromatic rings. The van der Waals surface area contributed by atoms with Gasteiger partial charge in [0.1, 0.15) is 5.75 Å². The van der Waals surface area contributed by atoms with Gasteiger partial charge in [0.25, 0.3) is 0 Å². The molecular weight excluding hydrogens is 228 g/mol. The van der Waals surface area contributed by atoms with E-state index in [4.69, 9.17) is 4.74 Å². The van der Waals surface area contributed by atoms with Crippen LogP contribution in [0.25, 0.3) is 0 Å². The third kappa shape index (κ3) is 2.51. The standard InChI is InChI=1S/C13H18N4O/c1-14-11(12-9-15-16-17(12)2)8-10-6-4-5-7-13(10)18-3/h4-7,9,11,14H,8H2,1-3H3. The van der Waals surface area contributed by atoms with Gasteiger partial charge in [-0.15, -0.1) is 5.10 Å². The number of benzene rings is 1. The summed E-state index contributed by atoms with van der Waals surface area (Å²) in [6.07, 6.45) is 2.62. The Balaban J connectivity index is 2.23. The van der Waals surface area contributed by atoms with Crippen molar-refractivity contribution in [3.63, 3.8) is 0 Å². The fourth-order valence-electron chi connectivity index (χ4n) is 2.06. The first-order valence-corrected chi connectivity index (χ1v) is 5.90. The van der Waals surface area contributed by atoms with Gasteiger partial charge in [0.15, 0.2) is 0 Å². The van der Waals surface area contributed by atoms with Crippen LogP contribution in [0.1, 0.15) is 17.3 Å². The Morgan fingerprint density at radius 2 is 2.17 bits per heavy atom. The maximum Gasteiger partial charge on any atom is 0.122 e. The highest BCUT2D eigenvalue weighted by molar-refractivity contribution is 5.34. The van der Waals surface area contributed by atoms with Gasteiger partial charge >= 0.3 is 0 Å². The van der Waals surface area contributed by atoms with Crippen LogP contribution in [0.5, 0.6) is 5.75 Å². The minimum absolute atomic E-state index is 0.168. The topological polar surface area (TPSA) is 52.0 Å². The number of nitrogens with one attached hydrogen (secondary N) is 1. The molecule has 1 aromatic heterocycles. The molecule has 96 valence electrons. The summed E-state index contributed by atoms with van der Waals surface area (Å²) in [5, 5.41) is 11.2. The second-order valence-corrected chi connectivity index (χ2v) is 4.14. The maximum absolute atomic E-state index is 5.37. The van der Waals surface area contributed by atoms with Crippen LogP contribution in [0, 0.1) is 0 Å². The summed E-state index contributed by atoms with van der Waals surface area (Å²) < 4.78 is 7.16. The molecule has 1 aromatic carbocycles. The number of hydrogen-bond acceptors (Lipinski definition) is 4. The van der Waals surface area contributed by atoms with Crippen LogP contribution in [0.4, 0.5) is 0 Å². The summed E-state index contributed by atoms with van der Waals surface area (Å²) in [5.41, 5.74) is 2.23. The fourth-order valence-corrected chi connectivity index (χ4v) is 2.06. The smallest absolute Gasteiger partial charge is 0.122 e. The fraction of sp³-hybridized carbons (Fsp3) is 0.385. The van der Waals surface area contributed by atoms with E-state index in [0.717, 1.165) is 17.9 Å². The number of rotatable bonds is 5. The second kappa shape index (κ2) is 5.64. The van der Waals surface area contributed by atoms with Crippen LogP contribution in [-0.2, 0) is 13.5 Å². The third-order valence-corrected chi connectivity index (χ3v) is 3.07. The van der Waals surface area contributed by atoms with Crippen LogP contribution in [-0.4, -0.2) is 29.2 Å². The van der Waals surface area contributed by atoms with Gasteiger partial charge in [0, 0.05) is 7.05 Å². The van der Waals surface area contributed by atoms with Crippen LogP contribution in [0.2, 0.25) is 0 Å². The van der Waals surface area contributed by atoms with E-state index in [1.165, 1.54) is 5.56 Å². The summed E-state index contributed by atoms with van der Waals surface area (Å²) in [6, 6.07) is 8.21. The average molecular weight is 246 g/mol. The Morgan fingerprint density at radius 3 is 2.78 bits per heavy atom. The Kier molecular flexibility index (Phi) is 3.94. The van der Waals surface area contributed by atoms with Gasteiger partial charge in [-0.05, 0) is 25.1 Å². The zero-order chi connectivity index (χ0) is 13.0. The predicted octanol–water partition coefficient (Wildman–Crippen LogP) is 1.33. The highest BCUT2D eigenvalue weighted by Crippen LogP contribution is 2.23. The number of para-hydroxylation sites is 1. The van der Waals surface area contributed by atoms with Crippen molar-refractivity contribution in [1.82, 2.24) is 20.3 Å². The summed E-state index contributed by atoms with van der Waals surface area (Å²) >= 11 is 0. The molecule has 0 spiro atoms. The number of methoxy groups -OCH3 is 1. The highest BCUT2D eigenvalue weighted by atomic mass is 16.5. The number of ether oxygens (including phenoxy) is 1. The minimum Gasteiger partial charge on any atom is -0.496 e. The van der Waals surface area contributed by atoms with E-state index >= 15 is 0 Å². The van der Waals surface area contributed by atoms with E-state index in [0.29, 0.717) is 0 Å². The van der Waals surface area contributed by atoms with Crippen molar-refractivity contribution < 1.29 is 4.74 Å². The lowest BCUT2D eigenvalue weighted by atomic mass is 10.0. The van der Waals surface area contributed by atoms with E-state index in [-0.39, 0.29) is 6.04 Å². The molecule has 1 atom stereocenters. The number of aromatic nitrogens is 3. The van der Waals surface area contributed by atoms with Gasteiger partial charge in [-0.25, -0.2) is 0 Å². The third-order valence-electron chi connectivity index (χ3n) is 3.07. The number of hydrogen-bond donors (Lipinski definition) is 1. The minimum atomic E-state index is 0.168. The van der Waals surface area contributed by atoms with E-state index < -0.39 is 0 Å². The largest absolute Gasteiger partial charge is 0.496 e. The van der Waals surface area contributed by atoms with Crippen molar-refractivity contribution in [2.45, 2.75) is 12.5 Å². The number of aryl methyl sites for hydroxylation is 1. The summed E-state index contributed by atoms with van der Waals surface area (Å²) in [4.78, 5) is 0. The molecule has 2 rings (SSSR count). The van der Waals surface area contributed by atoms with E-state index in [9.17, 15) is 0 Å². The molecule has 0 aliphatic heterocycles. The molecule has 1 heterocycles. The Bertz CT molecular complexity index is 509. The Labute approximate surface area is 107 Å². The molecule has 5 heteroatoms. The number of likely N-dealkylation sites (N-methyl/N-ethyl adjacent to an activating group) is 1. The van der Waals surface area contributed by atoms with Gasteiger partial charge in [0.2, 0.25) is 0 Å². The molecule has 0 saturated heterocycles. The highest BCUT2D eigenvalue weighted by Gasteiger charge is 2.16. The SMILES string of the molecule is CNC(Cc1ccccc1OC)c1cnnn1C. The van der Waals surface area contributed by atoms with Crippen LogP contribution >= 0.6 is 0 Å². The van der Waals surface area contributed by atoms with Crippen molar-refractivity contribution in [2.24, 2.45) is 7.05 Å². The molecule has 1 N–H and O–H groups in total. The first-order valence-electron chi connectivity index (χ1n) is 5.90. The first kappa shape index (κ1) is 12.6. The van der Waals surface area contributed by atoms with Crippen molar-refractivity contribution in [2.75, 3.05) is 14.2 Å². The van der Waals surface area contributed by atoms with Crippen molar-refractivity contribution in [1.29, 1.82) is 0 Å². The van der Waals surface area contributed by atoms with Crippen molar-refractivity contribution in [3.8, 4) is 5.75 Å². The van der Waals surface area contributed by atoms with E-state index in [2.05, 4.69) is 21.7 Å². The molecule has 18 heavy (non-hydrogen) atoms. The van der Waals surface area contributed by atoms with Crippen LogP contribution in [0.15, 0.2) is 30.5 Å². The van der Waals surface area contributed by atoms with Crippen molar-refractivity contribution in [3.05, 3.63) is 41.7 Å². The first-order chi connectivity index (χ1) is 8.76. The van der Waals surface area contributed by atoms with E-state index in [1.54, 1.807) is 18.0 Å². The molecule has 0 aliphatic rings. The molecule has 0 bridgehead atoms. The lowest BCUT2D eigenvalue weighted by molar-refractivity contribution is 0.405. The summed E-state index contributed by atoms with van der Waals surface area (Å²) in [5.74, 6) is 0.910. The molecule has 0 aliphatic carbocycles. The molecule has 0 amide bonds. The maximum atomic E-state index is 5.37. The number of nitrogens with zero attached hydrogens (tertiary/aromatic N) is 3. The van der Waals surface area contributed by atoms with Gasteiger partial charge < -0.3 is 10.1 Å².